The molecular weight excluding hydrogens is 374 g/mol. The van der Waals surface area contributed by atoms with E-state index in [1.54, 1.807) is 0 Å². The van der Waals surface area contributed by atoms with E-state index in [-0.39, 0.29) is 18.2 Å². The van der Waals surface area contributed by atoms with E-state index >= 15 is 0 Å². The summed E-state index contributed by atoms with van der Waals surface area (Å²) in [6.45, 7) is 15.2. The van der Waals surface area contributed by atoms with Crippen molar-refractivity contribution in [2.24, 2.45) is 5.92 Å². The lowest BCUT2D eigenvalue weighted by atomic mass is 9.99. The van der Waals surface area contributed by atoms with E-state index in [0.29, 0.717) is 11.8 Å². The van der Waals surface area contributed by atoms with Crippen LogP contribution in [-0.2, 0) is 16.0 Å². The Labute approximate surface area is 183 Å². The first-order valence-electron chi connectivity index (χ1n) is 11.9. The minimum Gasteiger partial charge on any atom is -0.373 e. The summed E-state index contributed by atoms with van der Waals surface area (Å²) in [4.78, 5) is 20.6. The zero-order valence-corrected chi connectivity index (χ0v) is 19.4. The molecule has 0 radical (unpaired) electrons. The average Bonchev–Trinajstić information content (AvgIpc) is 2.94. The van der Waals surface area contributed by atoms with Gasteiger partial charge >= 0.3 is 0 Å². The number of nitrogens with zero attached hydrogens (tertiary/aromatic N) is 3. The van der Waals surface area contributed by atoms with E-state index in [1.807, 2.05) is 0 Å². The largest absolute Gasteiger partial charge is 0.373 e. The molecule has 0 N–H and O–H groups in total. The van der Waals surface area contributed by atoms with Crippen molar-refractivity contribution in [1.82, 2.24) is 14.7 Å². The van der Waals surface area contributed by atoms with Gasteiger partial charge in [0.05, 0.1) is 18.2 Å². The molecule has 2 aliphatic rings. The third kappa shape index (κ3) is 6.53. The van der Waals surface area contributed by atoms with Gasteiger partial charge in [-0.25, -0.2) is 0 Å². The van der Waals surface area contributed by atoms with E-state index in [2.05, 4.69) is 72.7 Å². The van der Waals surface area contributed by atoms with Gasteiger partial charge < -0.3 is 14.5 Å². The molecule has 5 heteroatoms. The lowest BCUT2D eigenvalue weighted by Gasteiger charge is -2.42. The van der Waals surface area contributed by atoms with Crippen molar-refractivity contribution in [3.05, 3.63) is 35.9 Å². The molecule has 168 valence electrons. The average molecular weight is 416 g/mol. The van der Waals surface area contributed by atoms with E-state index in [0.717, 1.165) is 58.7 Å². The predicted octanol–water partition coefficient (Wildman–Crippen LogP) is 3.29. The van der Waals surface area contributed by atoms with Crippen LogP contribution in [0.25, 0.3) is 0 Å². The van der Waals surface area contributed by atoms with Crippen LogP contribution in [0.2, 0.25) is 0 Å². The van der Waals surface area contributed by atoms with Crippen molar-refractivity contribution in [1.29, 1.82) is 0 Å². The third-order valence-electron chi connectivity index (χ3n) is 6.41. The van der Waals surface area contributed by atoms with Gasteiger partial charge in [0.15, 0.2) is 0 Å². The Balaban J connectivity index is 1.52. The predicted molar refractivity (Wildman–Crippen MR) is 123 cm³/mol. The van der Waals surface area contributed by atoms with Crippen molar-refractivity contribution in [2.45, 2.75) is 65.2 Å². The number of carbonyl (C=O) groups is 1. The van der Waals surface area contributed by atoms with E-state index in [1.165, 1.54) is 12.0 Å². The maximum absolute atomic E-state index is 13.5. The van der Waals surface area contributed by atoms with Gasteiger partial charge in [-0.3, -0.25) is 9.69 Å². The van der Waals surface area contributed by atoms with Crippen LogP contribution in [0, 0.1) is 5.92 Å². The van der Waals surface area contributed by atoms with Gasteiger partial charge in [-0.1, -0.05) is 44.2 Å². The van der Waals surface area contributed by atoms with Crippen LogP contribution in [-0.4, -0.2) is 84.7 Å². The smallest absolute Gasteiger partial charge is 0.240 e. The lowest BCUT2D eigenvalue weighted by molar-refractivity contribution is -0.145. The van der Waals surface area contributed by atoms with Crippen molar-refractivity contribution < 1.29 is 9.53 Å². The van der Waals surface area contributed by atoms with Crippen molar-refractivity contribution in [2.75, 3.05) is 45.8 Å². The first kappa shape index (κ1) is 23.2. The Morgan fingerprint density at radius 1 is 1.03 bits per heavy atom. The molecule has 1 aromatic rings. The highest BCUT2D eigenvalue weighted by atomic mass is 16.5. The fourth-order valence-electron chi connectivity index (χ4n) is 5.06. The summed E-state index contributed by atoms with van der Waals surface area (Å²) in [5.41, 5.74) is 1.41. The normalized spacial score (nSPS) is 25.3. The Kier molecular flexibility index (Phi) is 8.72. The molecule has 2 aliphatic heterocycles. The molecule has 2 heterocycles. The van der Waals surface area contributed by atoms with E-state index < -0.39 is 0 Å². The molecule has 3 atom stereocenters. The molecule has 0 spiro atoms. The van der Waals surface area contributed by atoms with Crippen molar-refractivity contribution in [3.63, 3.8) is 0 Å². The van der Waals surface area contributed by atoms with Gasteiger partial charge in [0.2, 0.25) is 5.91 Å². The zero-order valence-electron chi connectivity index (χ0n) is 19.4. The maximum atomic E-state index is 13.5. The molecule has 1 amide bonds. The van der Waals surface area contributed by atoms with Crippen LogP contribution in [0.15, 0.2) is 30.3 Å². The summed E-state index contributed by atoms with van der Waals surface area (Å²) in [6, 6.07) is 10.7. The number of ether oxygens (including phenoxy) is 1. The third-order valence-corrected chi connectivity index (χ3v) is 6.41. The van der Waals surface area contributed by atoms with E-state index in [9.17, 15) is 4.79 Å². The molecule has 3 rings (SSSR count). The van der Waals surface area contributed by atoms with Gasteiger partial charge in [0.25, 0.3) is 0 Å². The number of benzene rings is 1. The van der Waals surface area contributed by atoms with Gasteiger partial charge in [0.1, 0.15) is 0 Å². The summed E-state index contributed by atoms with van der Waals surface area (Å²) < 4.78 is 5.90. The lowest BCUT2D eigenvalue weighted by Crippen LogP contribution is -2.58. The molecule has 0 aromatic heterocycles. The summed E-state index contributed by atoms with van der Waals surface area (Å²) in [6.07, 6.45) is 3.75. The zero-order chi connectivity index (χ0) is 21.5. The second kappa shape index (κ2) is 11.3. The van der Waals surface area contributed by atoms with E-state index in [4.69, 9.17) is 4.74 Å². The fraction of sp³-hybridized carbons (Fsp3) is 0.720. The van der Waals surface area contributed by atoms with Crippen LogP contribution in [0.5, 0.6) is 0 Å². The molecule has 0 bridgehead atoms. The molecule has 0 aliphatic carbocycles. The van der Waals surface area contributed by atoms with Crippen LogP contribution >= 0.6 is 0 Å². The molecule has 1 aromatic carbocycles. The van der Waals surface area contributed by atoms with Crippen LogP contribution < -0.4 is 0 Å². The fourth-order valence-corrected chi connectivity index (χ4v) is 5.06. The summed E-state index contributed by atoms with van der Waals surface area (Å²) in [5.74, 6) is 0.623. The first-order valence-corrected chi connectivity index (χ1v) is 11.9. The first-order chi connectivity index (χ1) is 14.4. The second-order valence-electron chi connectivity index (χ2n) is 9.51. The van der Waals surface area contributed by atoms with Gasteiger partial charge in [-0.05, 0) is 57.7 Å². The maximum Gasteiger partial charge on any atom is 0.240 e. The SMILES string of the molecule is CC1CN(C(C(=O)N2CCCN(CCCc3ccccc3)CC2)C(C)C)CC(C)O1. The molecule has 30 heavy (non-hydrogen) atoms. The van der Waals surface area contributed by atoms with Gasteiger partial charge in [-0.2, -0.15) is 0 Å². The molecular formula is C25H41N3O2. The molecule has 3 unspecified atom stereocenters. The second-order valence-corrected chi connectivity index (χ2v) is 9.51. The number of hydrogen-bond acceptors (Lipinski definition) is 4. The number of carbonyl (C=O) groups excluding carboxylic acids is 1. The Bertz CT molecular complexity index is 641. The summed E-state index contributed by atoms with van der Waals surface area (Å²) in [7, 11) is 0. The molecule has 5 nitrogen and oxygen atoms in total. The highest BCUT2D eigenvalue weighted by Gasteiger charge is 2.36. The monoisotopic (exact) mass is 415 g/mol. The Morgan fingerprint density at radius 3 is 2.40 bits per heavy atom. The highest BCUT2D eigenvalue weighted by Crippen LogP contribution is 2.21. The summed E-state index contributed by atoms with van der Waals surface area (Å²) >= 11 is 0. The molecule has 2 fully saturated rings. The van der Waals surface area contributed by atoms with Crippen molar-refractivity contribution >= 4 is 5.91 Å². The number of hydrogen-bond donors (Lipinski definition) is 0. The number of rotatable bonds is 7. The standard InChI is InChI=1S/C25H41N3O2/c1-20(2)24(28-18-21(3)30-22(4)19-28)25(29)27-15-9-14-26(16-17-27)13-8-12-23-10-6-5-7-11-23/h5-7,10-11,20-22,24H,8-9,12-19H2,1-4H3. The highest BCUT2D eigenvalue weighted by molar-refractivity contribution is 5.82. The summed E-state index contributed by atoms with van der Waals surface area (Å²) in [5, 5.41) is 0. The number of morpholine rings is 1. The number of aryl methyl sites for hydroxylation is 1. The van der Waals surface area contributed by atoms with Gasteiger partial charge in [-0.15, -0.1) is 0 Å². The minimum absolute atomic E-state index is 0.0385. The number of amides is 1. The topological polar surface area (TPSA) is 36.0 Å². The quantitative estimate of drug-likeness (QED) is 0.685. The van der Waals surface area contributed by atoms with Crippen LogP contribution in [0.3, 0.4) is 0 Å². The van der Waals surface area contributed by atoms with Crippen molar-refractivity contribution in [3.8, 4) is 0 Å². The Hall–Kier alpha value is -1.43. The molecule has 0 saturated carbocycles. The van der Waals surface area contributed by atoms with Crippen LogP contribution in [0.4, 0.5) is 0 Å². The Morgan fingerprint density at radius 2 is 1.73 bits per heavy atom. The van der Waals surface area contributed by atoms with Gasteiger partial charge in [0, 0.05) is 32.7 Å². The minimum atomic E-state index is -0.0385. The van der Waals surface area contributed by atoms with Crippen LogP contribution in [0.1, 0.15) is 46.1 Å². The molecule has 2 saturated heterocycles.